The molecule has 13 heteroatoms. The monoisotopic (exact) mass is 472 g/mol. The van der Waals surface area contributed by atoms with E-state index < -0.39 is 50.3 Å². The fourth-order valence-corrected chi connectivity index (χ4v) is 4.59. The van der Waals surface area contributed by atoms with Crippen molar-refractivity contribution in [3.8, 4) is 18.1 Å². The van der Waals surface area contributed by atoms with E-state index in [-0.39, 0.29) is 17.9 Å². The normalized spacial score (nSPS) is 29.7. The van der Waals surface area contributed by atoms with Gasteiger partial charge in [-0.05, 0) is 18.2 Å². The summed E-state index contributed by atoms with van der Waals surface area (Å²) in [6, 6.07) is 4.55. The summed E-state index contributed by atoms with van der Waals surface area (Å²) in [6.45, 7) is -1.07. The average molecular weight is 473 g/mol. The third-order valence-electron chi connectivity index (χ3n) is 4.62. The van der Waals surface area contributed by atoms with Gasteiger partial charge < -0.3 is 14.4 Å². The highest BCUT2D eigenvalue weighted by molar-refractivity contribution is 7.49. The number of aromatic nitrogens is 2. The first-order valence-electron chi connectivity index (χ1n) is 8.85. The van der Waals surface area contributed by atoms with Gasteiger partial charge in [-0.15, -0.1) is 6.42 Å². The maximum absolute atomic E-state index is 15.2. The zero-order valence-corrected chi connectivity index (χ0v) is 17.3. The van der Waals surface area contributed by atoms with Gasteiger partial charge in [-0.2, -0.15) is 0 Å². The van der Waals surface area contributed by atoms with Gasteiger partial charge in [0.15, 0.2) is 6.23 Å². The lowest BCUT2D eigenvalue weighted by Gasteiger charge is -2.27. The Kier molecular flexibility index (Phi) is 5.55. The molecule has 0 saturated carbocycles. The number of halogens is 2. The molecule has 0 bridgehead atoms. The molecule has 31 heavy (non-hydrogen) atoms. The lowest BCUT2D eigenvalue weighted by atomic mass is 10.2. The second kappa shape index (κ2) is 7.91. The van der Waals surface area contributed by atoms with E-state index in [1.54, 1.807) is 6.07 Å². The second-order valence-corrected chi connectivity index (χ2v) is 8.88. The van der Waals surface area contributed by atoms with Gasteiger partial charge >= 0.3 is 13.5 Å². The van der Waals surface area contributed by atoms with E-state index in [1.165, 1.54) is 12.1 Å². The molecule has 4 rings (SSSR count). The molecule has 4 atom stereocenters. The third-order valence-corrected chi connectivity index (χ3v) is 6.17. The minimum Gasteiger partial charge on any atom is -0.404 e. The van der Waals surface area contributed by atoms with Crippen LogP contribution in [0, 0.1) is 12.3 Å². The number of ether oxygens (including phenoxy) is 1. The number of fused-ring (bicyclic) bond motifs is 1. The topological polar surface area (TPSA) is 129 Å². The van der Waals surface area contributed by atoms with E-state index in [1.807, 2.05) is 4.98 Å². The molecule has 2 aliphatic rings. The van der Waals surface area contributed by atoms with Crippen molar-refractivity contribution in [2.45, 2.75) is 31.2 Å². The molecule has 1 aromatic carbocycles. The first kappa shape index (κ1) is 21.8. The van der Waals surface area contributed by atoms with E-state index in [0.29, 0.717) is 10.6 Å². The maximum atomic E-state index is 15.2. The van der Waals surface area contributed by atoms with Crippen molar-refractivity contribution < 1.29 is 32.4 Å². The summed E-state index contributed by atoms with van der Waals surface area (Å²) in [4.78, 5) is 25.6. The third kappa shape index (κ3) is 4.32. The SMILES string of the molecule is C#Cc1cn([C@@H]2O[C@](F)(COP3(=O)OCc4cc(Cl)ccc4O3)C[C@H]2O)c(=O)[nH]c1=O. The number of hydrogen-bond acceptors (Lipinski definition) is 8. The number of aliphatic hydroxyl groups excluding tert-OH is 1. The van der Waals surface area contributed by atoms with E-state index in [0.717, 1.165) is 10.8 Å². The molecule has 2 aliphatic heterocycles. The van der Waals surface area contributed by atoms with Crippen LogP contribution in [0.5, 0.6) is 5.75 Å². The molecule has 10 nitrogen and oxygen atoms in total. The number of terminal acetylenes is 1. The number of benzene rings is 1. The number of nitrogens with one attached hydrogen (secondary N) is 1. The van der Waals surface area contributed by atoms with Gasteiger partial charge in [0.2, 0.25) is 5.85 Å². The van der Waals surface area contributed by atoms with E-state index >= 15 is 4.39 Å². The van der Waals surface area contributed by atoms with Gasteiger partial charge in [-0.25, -0.2) is 13.8 Å². The minimum atomic E-state index is -4.18. The molecule has 3 heterocycles. The number of phosphoric acid groups is 1. The van der Waals surface area contributed by atoms with Gasteiger partial charge in [0.25, 0.3) is 5.56 Å². The van der Waals surface area contributed by atoms with Crippen molar-refractivity contribution in [1.29, 1.82) is 0 Å². The highest BCUT2D eigenvalue weighted by Crippen LogP contribution is 2.55. The van der Waals surface area contributed by atoms with Crippen molar-refractivity contribution in [1.82, 2.24) is 9.55 Å². The van der Waals surface area contributed by atoms with E-state index in [4.69, 9.17) is 36.3 Å². The van der Waals surface area contributed by atoms with Crippen LogP contribution >= 0.6 is 19.4 Å². The van der Waals surface area contributed by atoms with Crippen molar-refractivity contribution in [3.63, 3.8) is 0 Å². The van der Waals surface area contributed by atoms with Gasteiger partial charge in [0, 0.05) is 23.2 Å². The highest BCUT2D eigenvalue weighted by Gasteiger charge is 2.50. The predicted octanol–water partition coefficient (Wildman–Crippen LogP) is 1.85. The molecular weight excluding hydrogens is 458 g/mol. The van der Waals surface area contributed by atoms with Gasteiger partial charge in [-0.3, -0.25) is 23.4 Å². The lowest BCUT2D eigenvalue weighted by molar-refractivity contribution is -0.179. The Labute approximate surface area is 179 Å². The minimum absolute atomic E-state index is 0.139. The zero-order chi connectivity index (χ0) is 22.4. The largest absolute Gasteiger partial charge is 0.530 e. The Morgan fingerprint density at radius 3 is 3.00 bits per heavy atom. The number of hydrogen-bond donors (Lipinski definition) is 2. The Morgan fingerprint density at radius 2 is 2.26 bits per heavy atom. The summed E-state index contributed by atoms with van der Waals surface area (Å²) in [5, 5.41) is 10.7. The van der Waals surface area contributed by atoms with E-state index in [9.17, 15) is 19.3 Å². The second-order valence-electron chi connectivity index (χ2n) is 6.85. The average Bonchev–Trinajstić information content (AvgIpc) is 3.02. The number of phosphoric ester groups is 1. The number of nitrogens with zero attached hydrogens (tertiary/aromatic N) is 1. The Balaban J connectivity index is 1.49. The summed E-state index contributed by atoms with van der Waals surface area (Å²) in [5.74, 6) is -0.362. The summed E-state index contributed by atoms with van der Waals surface area (Å²) in [6.07, 6.45) is 2.53. The van der Waals surface area contributed by atoms with Crippen molar-refractivity contribution in [2.75, 3.05) is 6.61 Å². The van der Waals surface area contributed by atoms with Crippen LogP contribution in [0.2, 0.25) is 5.02 Å². The fourth-order valence-electron chi connectivity index (χ4n) is 3.15. The van der Waals surface area contributed by atoms with Crippen LogP contribution < -0.4 is 15.8 Å². The van der Waals surface area contributed by atoms with Crippen molar-refractivity contribution in [2.24, 2.45) is 0 Å². The number of aliphatic hydroxyl groups is 1. The maximum Gasteiger partial charge on any atom is 0.530 e. The first-order chi connectivity index (χ1) is 14.6. The smallest absolute Gasteiger partial charge is 0.404 e. The molecule has 0 radical (unpaired) electrons. The van der Waals surface area contributed by atoms with E-state index in [2.05, 4.69) is 5.92 Å². The molecular formula is C18H15ClFN2O8P. The van der Waals surface area contributed by atoms with Crippen LogP contribution in [0.15, 0.2) is 34.0 Å². The standard InChI is InChI=1S/C18H15ClFN2O8P/c1-2-10-7-22(17(25)21-15(10)24)16-13(23)6-18(20,29-16)9-28-31(26)27-8-11-5-12(19)3-4-14(11)30-31/h1,3-5,7,13,16,23H,6,8-9H2,(H,21,24,25)/t13-,16-,18+,31?/m1/s1. The quantitative estimate of drug-likeness (QED) is 0.509. The summed E-state index contributed by atoms with van der Waals surface area (Å²) >= 11 is 5.87. The summed E-state index contributed by atoms with van der Waals surface area (Å²) < 4.78 is 49.2. The van der Waals surface area contributed by atoms with Gasteiger partial charge in [0.1, 0.15) is 24.0 Å². The van der Waals surface area contributed by atoms with Gasteiger partial charge in [0.05, 0.1) is 6.61 Å². The molecule has 2 aromatic rings. The number of rotatable bonds is 4. The number of H-pyrrole nitrogens is 1. The zero-order valence-electron chi connectivity index (χ0n) is 15.6. The van der Waals surface area contributed by atoms with Crippen LogP contribution in [0.3, 0.4) is 0 Å². The molecule has 1 unspecified atom stereocenters. The predicted molar refractivity (Wildman–Crippen MR) is 104 cm³/mol. The molecule has 0 spiro atoms. The molecule has 1 fully saturated rings. The van der Waals surface area contributed by atoms with Crippen LogP contribution in [0.4, 0.5) is 4.39 Å². The molecule has 1 saturated heterocycles. The fraction of sp³-hybridized carbons (Fsp3) is 0.333. The summed E-state index contributed by atoms with van der Waals surface area (Å²) in [7, 11) is -4.18. The highest BCUT2D eigenvalue weighted by atomic mass is 35.5. The van der Waals surface area contributed by atoms with Gasteiger partial charge in [-0.1, -0.05) is 17.5 Å². The van der Waals surface area contributed by atoms with Crippen LogP contribution in [-0.4, -0.2) is 33.2 Å². The van der Waals surface area contributed by atoms with Crippen LogP contribution in [0.25, 0.3) is 0 Å². The lowest BCUT2D eigenvalue weighted by Crippen LogP contribution is -2.37. The van der Waals surface area contributed by atoms with Crippen molar-refractivity contribution >= 4 is 19.4 Å². The molecule has 164 valence electrons. The number of alkyl halides is 1. The molecule has 0 aliphatic carbocycles. The summed E-state index contributed by atoms with van der Waals surface area (Å²) in [5.41, 5.74) is -1.44. The molecule has 2 N–H and O–H groups in total. The van der Waals surface area contributed by atoms with Crippen molar-refractivity contribution in [3.05, 3.63) is 61.4 Å². The Bertz CT molecular complexity index is 1240. The van der Waals surface area contributed by atoms with Crippen LogP contribution in [0.1, 0.15) is 23.8 Å². The Hall–Kier alpha value is -2.45. The Morgan fingerprint density at radius 1 is 1.48 bits per heavy atom. The van der Waals surface area contributed by atoms with Crippen LogP contribution in [-0.2, 0) is 25.0 Å². The first-order valence-corrected chi connectivity index (χ1v) is 10.7. The molecule has 0 amide bonds. The molecule has 1 aromatic heterocycles. The number of aromatic amines is 1.